The molecule has 0 radical (unpaired) electrons. The van der Waals surface area contributed by atoms with Crippen molar-refractivity contribution in [1.82, 2.24) is 0 Å². The van der Waals surface area contributed by atoms with E-state index in [9.17, 15) is 9.59 Å². The van der Waals surface area contributed by atoms with Crippen LogP contribution in [0.2, 0.25) is 5.02 Å². The van der Waals surface area contributed by atoms with Crippen molar-refractivity contribution in [3.63, 3.8) is 0 Å². The molecule has 4 rings (SSSR count). The first-order chi connectivity index (χ1) is 14.0. The molecule has 0 aliphatic carbocycles. The van der Waals surface area contributed by atoms with Gasteiger partial charge in [0.2, 0.25) is 5.78 Å². The number of hydrogen-bond donors (Lipinski definition) is 0. The smallest absolute Gasteiger partial charge is 0.231 e. The molecule has 0 saturated carbocycles. The fourth-order valence-corrected chi connectivity index (χ4v) is 3.38. The Labute approximate surface area is 180 Å². The summed E-state index contributed by atoms with van der Waals surface area (Å²) in [5.41, 5.74) is 1.81. The second-order valence-electron chi connectivity index (χ2n) is 6.34. The number of carbonyl (C=O) groups is 2. The lowest BCUT2D eigenvalue weighted by atomic mass is 10.1. The lowest BCUT2D eigenvalue weighted by Crippen LogP contribution is -2.11. The third-order valence-electron chi connectivity index (χ3n) is 4.37. The van der Waals surface area contributed by atoms with E-state index >= 15 is 0 Å². The summed E-state index contributed by atoms with van der Waals surface area (Å²) in [6.07, 6.45) is 1.69. The first-order valence-corrected chi connectivity index (χ1v) is 9.93. The highest BCUT2D eigenvalue weighted by Crippen LogP contribution is 2.35. The van der Waals surface area contributed by atoms with Crippen LogP contribution < -0.4 is 9.47 Å². The zero-order valence-electron chi connectivity index (χ0n) is 15.0. The maximum Gasteiger partial charge on any atom is 0.231 e. The molecule has 0 spiro atoms. The molecule has 3 aromatic rings. The van der Waals surface area contributed by atoms with Crippen molar-refractivity contribution in [3.05, 3.63) is 98.7 Å². The van der Waals surface area contributed by atoms with E-state index in [1.165, 1.54) is 0 Å². The number of allylic oxidation sites excluding steroid dienone is 1. The first-order valence-electron chi connectivity index (χ1n) is 8.75. The molecule has 0 fully saturated rings. The average molecular weight is 470 g/mol. The second-order valence-corrected chi connectivity index (χ2v) is 7.63. The Morgan fingerprint density at radius 1 is 1.07 bits per heavy atom. The third kappa shape index (κ3) is 4.26. The van der Waals surface area contributed by atoms with Crippen molar-refractivity contribution in [1.29, 1.82) is 0 Å². The molecule has 6 heteroatoms. The Morgan fingerprint density at radius 2 is 1.83 bits per heavy atom. The van der Waals surface area contributed by atoms with Gasteiger partial charge in [-0.15, -0.1) is 0 Å². The van der Waals surface area contributed by atoms with Crippen molar-refractivity contribution in [2.75, 3.05) is 6.61 Å². The van der Waals surface area contributed by atoms with Gasteiger partial charge in [-0.1, -0.05) is 45.7 Å². The van der Waals surface area contributed by atoms with E-state index in [-0.39, 0.29) is 23.9 Å². The molecule has 1 aliphatic rings. The molecular formula is C23H14BrClO4. The summed E-state index contributed by atoms with van der Waals surface area (Å²) in [6.45, 7) is -0.131. The van der Waals surface area contributed by atoms with Crippen LogP contribution in [0.3, 0.4) is 0 Å². The van der Waals surface area contributed by atoms with Gasteiger partial charge in [0.05, 0.1) is 5.56 Å². The van der Waals surface area contributed by atoms with Crippen molar-refractivity contribution in [2.45, 2.75) is 0 Å². The summed E-state index contributed by atoms with van der Waals surface area (Å²) in [5, 5.41) is 0.564. The van der Waals surface area contributed by atoms with Crippen LogP contribution in [0.25, 0.3) is 6.08 Å². The van der Waals surface area contributed by atoms with Gasteiger partial charge in [0.25, 0.3) is 0 Å². The van der Waals surface area contributed by atoms with Gasteiger partial charge >= 0.3 is 0 Å². The van der Waals surface area contributed by atoms with E-state index < -0.39 is 0 Å². The van der Waals surface area contributed by atoms with Gasteiger partial charge < -0.3 is 9.47 Å². The Bertz CT molecular complexity index is 1140. The number of ketones is 2. The summed E-state index contributed by atoms with van der Waals surface area (Å²) in [4.78, 5) is 24.8. The Kier molecular flexibility index (Phi) is 5.51. The number of benzene rings is 3. The summed E-state index contributed by atoms with van der Waals surface area (Å²) in [7, 11) is 0. The number of Topliss-reactive ketones (excluding diaryl/α,β-unsaturated/α-hetero) is 2. The molecule has 0 N–H and O–H groups in total. The SMILES string of the molecule is O=C(COc1ccc2c(c1)O/C(=C\c1ccccc1Br)C2=O)c1ccc(Cl)cc1. The molecule has 4 nitrogen and oxygen atoms in total. The van der Waals surface area contributed by atoms with Gasteiger partial charge in [0.15, 0.2) is 18.1 Å². The maximum atomic E-state index is 12.6. The lowest BCUT2D eigenvalue weighted by molar-refractivity contribution is 0.0921. The minimum Gasteiger partial charge on any atom is -0.485 e. The lowest BCUT2D eigenvalue weighted by Gasteiger charge is -2.07. The van der Waals surface area contributed by atoms with Gasteiger partial charge in [0.1, 0.15) is 11.5 Å². The van der Waals surface area contributed by atoms with Gasteiger partial charge in [0, 0.05) is 21.1 Å². The van der Waals surface area contributed by atoms with E-state index in [1.54, 1.807) is 48.5 Å². The molecule has 0 atom stereocenters. The highest BCUT2D eigenvalue weighted by Gasteiger charge is 2.28. The van der Waals surface area contributed by atoms with Crippen LogP contribution >= 0.6 is 27.5 Å². The number of ether oxygens (including phenoxy) is 2. The summed E-state index contributed by atoms with van der Waals surface area (Å²) in [5.74, 6) is 0.722. The molecule has 1 heterocycles. The van der Waals surface area contributed by atoms with Crippen molar-refractivity contribution in [2.24, 2.45) is 0 Å². The molecule has 144 valence electrons. The van der Waals surface area contributed by atoms with Crippen LogP contribution in [0.1, 0.15) is 26.3 Å². The fraction of sp³-hybridized carbons (Fsp3) is 0.0435. The van der Waals surface area contributed by atoms with Gasteiger partial charge in [-0.2, -0.15) is 0 Å². The molecule has 0 saturated heterocycles. The first kappa shape index (κ1) is 19.4. The number of rotatable bonds is 5. The Balaban J connectivity index is 1.48. The van der Waals surface area contributed by atoms with Crippen molar-refractivity contribution < 1.29 is 19.1 Å². The largest absolute Gasteiger partial charge is 0.485 e. The zero-order valence-corrected chi connectivity index (χ0v) is 17.4. The fourth-order valence-electron chi connectivity index (χ4n) is 2.86. The molecule has 0 bridgehead atoms. The summed E-state index contributed by atoms with van der Waals surface area (Å²) in [6, 6.07) is 19.1. The second kappa shape index (κ2) is 8.23. The molecule has 0 amide bonds. The Hall–Kier alpha value is -2.89. The van der Waals surface area contributed by atoms with Crippen LogP contribution in [-0.2, 0) is 0 Å². The molecule has 3 aromatic carbocycles. The van der Waals surface area contributed by atoms with Crippen LogP contribution in [-0.4, -0.2) is 18.2 Å². The van der Waals surface area contributed by atoms with E-state index in [2.05, 4.69) is 15.9 Å². The zero-order chi connectivity index (χ0) is 20.4. The highest BCUT2D eigenvalue weighted by molar-refractivity contribution is 9.10. The minimum absolute atomic E-state index is 0.131. The number of halogens is 2. The third-order valence-corrected chi connectivity index (χ3v) is 5.34. The number of carbonyl (C=O) groups excluding carboxylic acids is 2. The van der Waals surface area contributed by atoms with Crippen molar-refractivity contribution >= 4 is 45.2 Å². The molecule has 1 aliphatic heterocycles. The van der Waals surface area contributed by atoms with Crippen molar-refractivity contribution in [3.8, 4) is 11.5 Å². The van der Waals surface area contributed by atoms with Crippen LogP contribution in [0, 0.1) is 0 Å². The van der Waals surface area contributed by atoms with Crippen LogP contribution in [0.5, 0.6) is 11.5 Å². The van der Waals surface area contributed by atoms with Crippen LogP contribution in [0.15, 0.2) is 77.0 Å². The topological polar surface area (TPSA) is 52.6 Å². The highest BCUT2D eigenvalue weighted by atomic mass is 79.9. The van der Waals surface area contributed by atoms with E-state index in [1.807, 2.05) is 24.3 Å². The molecule has 29 heavy (non-hydrogen) atoms. The predicted octanol–water partition coefficient (Wildman–Crippen LogP) is 5.98. The minimum atomic E-state index is -0.195. The Morgan fingerprint density at radius 3 is 2.59 bits per heavy atom. The van der Waals surface area contributed by atoms with E-state index in [0.717, 1.165) is 10.0 Å². The standard InChI is InChI=1S/C23H14BrClO4/c24-19-4-2-1-3-15(19)11-22-23(27)18-10-9-17(12-21(18)29-22)28-13-20(26)14-5-7-16(25)8-6-14/h1-12H,13H2/b22-11-. The summed E-state index contributed by atoms with van der Waals surface area (Å²) < 4.78 is 12.2. The molecular weight excluding hydrogens is 456 g/mol. The normalized spacial score (nSPS) is 13.9. The quantitative estimate of drug-likeness (QED) is 0.341. The predicted molar refractivity (Wildman–Crippen MR) is 115 cm³/mol. The molecule has 0 unspecified atom stereocenters. The average Bonchev–Trinajstić information content (AvgIpc) is 3.03. The van der Waals surface area contributed by atoms with Gasteiger partial charge in [-0.3, -0.25) is 9.59 Å². The maximum absolute atomic E-state index is 12.6. The van der Waals surface area contributed by atoms with E-state index in [4.69, 9.17) is 21.1 Å². The molecule has 0 aromatic heterocycles. The number of hydrogen-bond acceptors (Lipinski definition) is 4. The van der Waals surface area contributed by atoms with Crippen LogP contribution in [0.4, 0.5) is 0 Å². The van der Waals surface area contributed by atoms with Gasteiger partial charge in [-0.25, -0.2) is 0 Å². The summed E-state index contributed by atoms with van der Waals surface area (Å²) >= 11 is 9.29. The van der Waals surface area contributed by atoms with Gasteiger partial charge in [-0.05, 0) is 54.1 Å². The number of fused-ring (bicyclic) bond motifs is 1. The van der Waals surface area contributed by atoms with E-state index in [0.29, 0.717) is 27.6 Å². The monoisotopic (exact) mass is 468 g/mol.